The van der Waals surface area contributed by atoms with E-state index in [1.54, 1.807) is 24.4 Å². The molecule has 4 aromatic rings. The van der Waals surface area contributed by atoms with Gasteiger partial charge in [0.1, 0.15) is 12.4 Å². The van der Waals surface area contributed by atoms with E-state index in [0.717, 1.165) is 54.7 Å². The van der Waals surface area contributed by atoms with Gasteiger partial charge in [-0.1, -0.05) is 37.6 Å². The van der Waals surface area contributed by atoms with Crippen LogP contribution in [-0.4, -0.2) is 64.4 Å². The maximum absolute atomic E-state index is 14.7. The first kappa shape index (κ1) is 33.6. The van der Waals surface area contributed by atoms with Gasteiger partial charge in [0.2, 0.25) is 11.8 Å². The first-order valence-electron chi connectivity index (χ1n) is 18.2. The van der Waals surface area contributed by atoms with Crippen LogP contribution in [0, 0.1) is 25.2 Å². The predicted molar refractivity (Wildman–Crippen MR) is 195 cm³/mol. The molecular formula is C39H45N7O4S. The standard InChI is InChI=1S/C39H45N7O4S/c1-25-8-4-9-26(2)36(25)32-19-35-43-38(42-32)44-51(48,49)31-12-5-10-28(18-31)37(47)46(30(24-50-35)20-39(3)15-7-16-39)23-29-21-40-22-34(41-29)45-17-6-11-27-13-14-33(27)45/h4-5,8-10,12,18-19,21-22,27,30,33H,6-7,11,13-17,20,23-24H2,1-3H3,(H,42,43,44)/t27?,30-,33?/m1/s1. The van der Waals surface area contributed by atoms with Gasteiger partial charge < -0.3 is 14.5 Å². The van der Waals surface area contributed by atoms with Gasteiger partial charge in [-0.05, 0) is 99.5 Å². The fraction of sp³-hybridized carbons (Fsp3) is 0.462. The van der Waals surface area contributed by atoms with Crippen molar-refractivity contribution in [1.82, 2.24) is 24.8 Å². The minimum absolute atomic E-state index is 0.0358. The fourth-order valence-electron chi connectivity index (χ4n) is 8.45. The molecule has 0 spiro atoms. The molecule has 8 rings (SSSR count). The van der Waals surface area contributed by atoms with Crippen molar-refractivity contribution in [2.24, 2.45) is 11.3 Å². The van der Waals surface area contributed by atoms with Gasteiger partial charge in [-0.3, -0.25) is 9.78 Å². The summed E-state index contributed by atoms with van der Waals surface area (Å²) >= 11 is 0. The van der Waals surface area contributed by atoms with Gasteiger partial charge in [-0.25, -0.2) is 23.1 Å². The van der Waals surface area contributed by atoms with E-state index in [4.69, 9.17) is 9.72 Å². The number of sulfonamides is 1. The number of ether oxygens (including phenoxy) is 1. The number of rotatable bonds is 6. The molecule has 2 aliphatic heterocycles. The number of amides is 1. The fourth-order valence-corrected chi connectivity index (χ4v) is 9.44. The largest absolute Gasteiger partial charge is 0.475 e. The first-order valence-corrected chi connectivity index (χ1v) is 19.6. The van der Waals surface area contributed by atoms with Crippen molar-refractivity contribution in [3.05, 3.63) is 83.3 Å². The number of fused-ring (bicyclic) bond motifs is 5. The molecule has 12 heteroatoms. The predicted octanol–water partition coefficient (Wildman–Crippen LogP) is 6.71. The molecule has 1 saturated heterocycles. The van der Waals surface area contributed by atoms with Crippen molar-refractivity contribution in [2.75, 3.05) is 22.8 Å². The monoisotopic (exact) mass is 707 g/mol. The number of piperidine rings is 1. The van der Waals surface area contributed by atoms with Crippen LogP contribution in [0.4, 0.5) is 11.8 Å². The summed E-state index contributed by atoms with van der Waals surface area (Å²) < 4.78 is 36.6. The van der Waals surface area contributed by atoms with Crippen molar-refractivity contribution in [3.63, 3.8) is 0 Å². The lowest BCUT2D eigenvalue weighted by atomic mass is 9.67. The Balaban J connectivity index is 1.21. The number of hydrogen-bond donors (Lipinski definition) is 1. The zero-order chi connectivity index (χ0) is 35.3. The molecule has 4 aliphatic rings. The number of aromatic nitrogens is 4. The Morgan fingerprint density at radius 1 is 0.961 bits per heavy atom. The summed E-state index contributed by atoms with van der Waals surface area (Å²) in [5, 5.41) is 0. The highest BCUT2D eigenvalue weighted by molar-refractivity contribution is 7.92. The zero-order valence-corrected chi connectivity index (χ0v) is 30.3. The highest BCUT2D eigenvalue weighted by atomic mass is 32.2. The van der Waals surface area contributed by atoms with Crippen LogP contribution in [0.1, 0.15) is 85.5 Å². The van der Waals surface area contributed by atoms with E-state index >= 15 is 0 Å². The SMILES string of the molecule is Cc1cccc(C)c1-c1cc2nc(n1)NS(=O)(=O)c1cccc(c1)C(=O)N(Cc1cncc(N3CCCC4CCC43)n1)[C@H](CC1(C)CCC1)CO2. The lowest BCUT2D eigenvalue weighted by Gasteiger charge is -2.49. The van der Waals surface area contributed by atoms with Gasteiger partial charge in [-0.15, -0.1) is 0 Å². The van der Waals surface area contributed by atoms with Gasteiger partial charge in [-0.2, -0.15) is 4.98 Å². The number of carbonyl (C=O) groups excluding carboxylic acids is 1. The number of aryl methyl sites for hydroxylation is 2. The van der Waals surface area contributed by atoms with Crippen LogP contribution in [0.25, 0.3) is 11.3 Å². The van der Waals surface area contributed by atoms with E-state index in [-0.39, 0.29) is 52.8 Å². The van der Waals surface area contributed by atoms with E-state index in [2.05, 4.69) is 31.5 Å². The number of nitrogens with zero attached hydrogens (tertiary/aromatic N) is 6. The summed E-state index contributed by atoms with van der Waals surface area (Å²) in [7, 11) is -4.17. The molecule has 4 bridgehead atoms. The van der Waals surface area contributed by atoms with Gasteiger partial charge in [0.05, 0.1) is 41.3 Å². The van der Waals surface area contributed by atoms with Gasteiger partial charge in [0, 0.05) is 29.8 Å². The topological polar surface area (TPSA) is 131 Å². The smallest absolute Gasteiger partial charge is 0.264 e. The number of nitrogens with one attached hydrogen (secondary N) is 1. The molecule has 11 nitrogen and oxygen atoms in total. The Morgan fingerprint density at radius 3 is 2.51 bits per heavy atom. The van der Waals surface area contributed by atoms with E-state index in [1.165, 1.54) is 31.4 Å². The second-order valence-corrected chi connectivity index (χ2v) is 16.9. The number of benzene rings is 2. The quantitative estimate of drug-likeness (QED) is 0.232. The average Bonchev–Trinajstić information content (AvgIpc) is 3.08. The van der Waals surface area contributed by atoms with Crippen LogP contribution in [0.2, 0.25) is 0 Å². The second-order valence-electron chi connectivity index (χ2n) is 15.2. The Morgan fingerprint density at radius 2 is 1.76 bits per heavy atom. The van der Waals surface area contributed by atoms with Crippen molar-refractivity contribution in [2.45, 2.75) is 95.7 Å². The van der Waals surface area contributed by atoms with Crippen LogP contribution in [0.3, 0.4) is 0 Å². The lowest BCUT2D eigenvalue weighted by Crippen LogP contribution is -2.51. The Hall–Kier alpha value is -4.58. The van der Waals surface area contributed by atoms with Gasteiger partial charge in [0.15, 0.2) is 0 Å². The molecule has 2 aliphatic carbocycles. The Labute approximate surface area is 299 Å². The van der Waals surface area contributed by atoms with Crippen LogP contribution < -0.4 is 14.4 Å². The summed E-state index contributed by atoms with van der Waals surface area (Å²) in [6.07, 6.45) is 12.4. The summed E-state index contributed by atoms with van der Waals surface area (Å²) in [6, 6.07) is 14.0. The summed E-state index contributed by atoms with van der Waals surface area (Å²) in [5.74, 6) is 1.40. The highest BCUT2D eigenvalue weighted by Crippen LogP contribution is 2.45. The van der Waals surface area contributed by atoms with Crippen LogP contribution in [0.5, 0.6) is 5.88 Å². The molecule has 1 amide bonds. The third kappa shape index (κ3) is 6.66. The molecular weight excluding hydrogens is 663 g/mol. The van der Waals surface area contributed by atoms with E-state index < -0.39 is 10.0 Å². The zero-order valence-electron chi connectivity index (χ0n) is 29.5. The van der Waals surface area contributed by atoms with E-state index in [1.807, 2.05) is 43.1 Å². The summed E-state index contributed by atoms with van der Waals surface area (Å²) in [5.41, 5.74) is 4.40. The summed E-state index contributed by atoms with van der Waals surface area (Å²) in [4.78, 5) is 37.7. The van der Waals surface area contributed by atoms with Crippen molar-refractivity contribution in [1.29, 1.82) is 0 Å². The maximum atomic E-state index is 14.7. The molecule has 4 heterocycles. The van der Waals surface area contributed by atoms with Crippen LogP contribution >= 0.6 is 0 Å². The molecule has 2 unspecified atom stereocenters. The first-order chi connectivity index (χ1) is 24.5. The molecule has 1 N–H and O–H groups in total. The number of hydrogen-bond acceptors (Lipinski definition) is 9. The van der Waals surface area contributed by atoms with Crippen molar-refractivity contribution in [3.8, 4) is 17.1 Å². The molecule has 0 radical (unpaired) electrons. The molecule has 2 aromatic heterocycles. The molecule has 2 aromatic carbocycles. The van der Waals surface area contributed by atoms with E-state index in [0.29, 0.717) is 29.8 Å². The average molecular weight is 708 g/mol. The molecule has 3 atom stereocenters. The molecule has 2 saturated carbocycles. The van der Waals surface area contributed by atoms with Crippen molar-refractivity contribution < 1.29 is 17.9 Å². The minimum atomic E-state index is -4.17. The highest BCUT2D eigenvalue weighted by Gasteiger charge is 2.40. The molecule has 51 heavy (non-hydrogen) atoms. The van der Waals surface area contributed by atoms with Gasteiger partial charge in [0.25, 0.3) is 15.9 Å². The van der Waals surface area contributed by atoms with Gasteiger partial charge >= 0.3 is 0 Å². The Kier molecular flexibility index (Phi) is 8.68. The number of carbonyl (C=O) groups is 1. The third-order valence-electron chi connectivity index (χ3n) is 11.5. The maximum Gasteiger partial charge on any atom is 0.264 e. The van der Waals surface area contributed by atoms with Crippen LogP contribution in [-0.2, 0) is 16.6 Å². The minimum Gasteiger partial charge on any atom is -0.475 e. The second kappa shape index (κ2) is 13.2. The normalized spacial score (nSPS) is 23.6. The molecule has 3 fully saturated rings. The van der Waals surface area contributed by atoms with Crippen LogP contribution in [0.15, 0.2) is 65.8 Å². The lowest BCUT2D eigenvalue weighted by molar-refractivity contribution is 0.0349. The van der Waals surface area contributed by atoms with Crippen molar-refractivity contribution >= 4 is 27.7 Å². The van der Waals surface area contributed by atoms with E-state index in [9.17, 15) is 13.2 Å². The third-order valence-corrected chi connectivity index (χ3v) is 12.8. The Bertz CT molecular complexity index is 2070. The molecule has 266 valence electrons. The number of anilines is 2. The summed E-state index contributed by atoms with van der Waals surface area (Å²) in [6.45, 7) is 7.57.